The van der Waals surface area contributed by atoms with Gasteiger partial charge in [0, 0.05) is 33.3 Å². The molecule has 0 atom stereocenters. The van der Waals surface area contributed by atoms with Gasteiger partial charge in [0.25, 0.3) is 0 Å². The van der Waals surface area contributed by atoms with Crippen molar-refractivity contribution in [3.63, 3.8) is 0 Å². The van der Waals surface area contributed by atoms with E-state index in [0.29, 0.717) is 0 Å². The lowest BCUT2D eigenvalue weighted by atomic mass is 9.95. The Labute approximate surface area is 327 Å². The van der Waals surface area contributed by atoms with Crippen LogP contribution in [0.25, 0.3) is 77.6 Å². The lowest BCUT2D eigenvalue weighted by molar-refractivity contribution is 0.632. The summed E-state index contributed by atoms with van der Waals surface area (Å²) in [7, 11) is 0. The van der Waals surface area contributed by atoms with Gasteiger partial charge in [0.2, 0.25) is 0 Å². The molecule has 264 valence electrons. The molecule has 0 unspecified atom stereocenters. The Kier molecular flexibility index (Phi) is 8.55. The molecule has 0 saturated carbocycles. The van der Waals surface area contributed by atoms with E-state index in [0.717, 1.165) is 61.6 Å². The maximum atomic E-state index is 6.53. The van der Waals surface area contributed by atoms with Crippen LogP contribution in [0, 0.1) is 0 Å². The van der Waals surface area contributed by atoms with Gasteiger partial charge >= 0.3 is 0 Å². The normalized spacial score (nSPS) is 11.2. The van der Waals surface area contributed by atoms with Gasteiger partial charge in [-0.1, -0.05) is 182 Å². The van der Waals surface area contributed by atoms with E-state index in [4.69, 9.17) is 4.42 Å². The summed E-state index contributed by atoms with van der Waals surface area (Å²) in [5, 5.41) is 3.55. The van der Waals surface area contributed by atoms with Crippen LogP contribution in [-0.2, 0) is 0 Å². The zero-order chi connectivity index (χ0) is 37.3. The van der Waals surface area contributed by atoms with Crippen LogP contribution in [0.1, 0.15) is 0 Å². The van der Waals surface area contributed by atoms with E-state index >= 15 is 0 Å². The van der Waals surface area contributed by atoms with E-state index in [2.05, 4.69) is 217 Å². The third kappa shape index (κ3) is 6.24. The topological polar surface area (TPSA) is 16.4 Å². The van der Waals surface area contributed by atoms with E-state index < -0.39 is 0 Å². The Morgan fingerprint density at radius 3 is 1.41 bits per heavy atom. The molecule has 0 aliphatic rings. The van der Waals surface area contributed by atoms with Gasteiger partial charge in [0.05, 0.1) is 5.69 Å². The molecule has 0 amide bonds. The fourth-order valence-electron chi connectivity index (χ4n) is 7.90. The lowest BCUT2D eigenvalue weighted by Crippen LogP contribution is -2.10. The monoisotopic (exact) mass is 715 g/mol. The standard InChI is InChI=1S/C54H37NO/c1-3-13-38(14-4-1)40-29-33-47(34-30-40)55(51-23-12-18-43-15-7-8-21-49(43)51)48-35-31-41(32-36-48)39-25-27-42(28-26-39)45-19-11-20-46(37-45)54-53(44-16-5-2-6-17-44)50-22-9-10-24-52(50)56-54/h1-37H. The number of para-hydroxylation sites is 1. The van der Waals surface area contributed by atoms with Crippen LogP contribution < -0.4 is 4.90 Å². The molecule has 0 saturated heterocycles. The number of fused-ring (bicyclic) bond motifs is 2. The van der Waals surface area contributed by atoms with Gasteiger partial charge in [-0.15, -0.1) is 0 Å². The molecular formula is C54H37NO. The average Bonchev–Trinajstić information content (AvgIpc) is 3.68. The van der Waals surface area contributed by atoms with E-state index in [9.17, 15) is 0 Å². The molecule has 1 aromatic heterocycles. The van der Waals surface area contributed by atoms with Crippen LogP contribution in [0.2, 0.25) is 0 Å². The molecule has 1 heterocycles. The van der Waals surface area contributed by atoms with E-state index in [-0.39, 0.29) is 0 Å². The fraction of sp³-hybridized carbons (Fsp3) is 0. The molecule has 56 heavy (non-hydrogen) atoms. The van der Waals surface area contributed by atoms with Crippen LogP contribution in [-0.4, -0.2) is 0 Å². The molecule has 10 aromatic rings. The highest BCUT2D eigenvalue weighted by Crippen LogP contribution is 2.43. The van der Waals surface area contributed by atoms with Crippen LogP contribution in [0.5, 0.6) is 0 Å². The lowest BCUT2D eigenvalue weighted by Gasteiger charge is -2.27. The maximum Gasteiger partial charge on any atom is 0.143 e. The smallest absolute Gasteiger partial charge is 0.143 e. The number of rotatable bonds is 8. The molecule has 0 spiro atoms. The fourth-order valence-corrected chi connectivity index (χ4v) is 7.90. The molecule has 0 aliphatic carbocycles. The van der Waals surface area contributed by atoms with Crippen molar-refractivity contribution in [3.8, 4) is 55.8 Å². The Balaban J connectivity index is 0.967. The van der Waals surface area contributed by atoms with Crippen molar-refractivity contribution in [2.24, 2.45) is 0 Å². The quantitative estimate of drug-likeness (QED) is 0.156. The number of furan rings is 1. The highest BCUT2D eigenvalue weighted by atomic mass is 16.3. The van der Waals surface area contributed by atoms with Crippen LogP contribution in [0.3, 0.4) is 0 Å². The number of nitrogens with zero attached hydrogens (tertiary/aromatic N) is 1. The minimum absolute atomic E-state index is 0.889. The summed E-state index contributed by atoms with van der Waals surface area (Å²) in [6.45, 7) is 0. The second-order valence-electron chi connectivity index (χ2n) is 14.1. The largest absolute Gasteiger partial charge is 0.455 e. The molecule has 10 rings (SSSR count). The number of hydrogen-bond acceptors (Lipinski definition) is 2. The zero-order valence-electron chi connectivity index (χ0n) is 30.7. The second kappa shape index (κ2) is 14.4. The third-order valence-electron chi connectivity index (χ3n) is 10.7. The van der Waals surface area contributed by atoms with Gasteiger partial charge in [-0.3, -0.25) is 0 Å². The molecule has 9 aromatic carbocycles. The van der Waals surface area contributed by atoms with Gasteiger partial charge in [-0.2, -0.15) is 0 Å². The minimum atomic E-state index is 0.889. The minimum Gasteiger partial charge on any atom is -0.455 e. The first kappa shape index (κ1) is 33.2. The van der Waals surface area contributed by atoms with Crippen molar-refractivity contribution in [1.82, 2.24) is 0 Å². The molecule has 0 bridgehead atoms. The summed E-state index contributed by atoms with van der Waals surface area (Å²) in [6, 6.07) is 79.9. The maximum absolute atomic E-state index is 6.53. The molecule has 0 radical (unpaired) electrons. The number of benzene rings is 9. The summed E-state index contributed by atoms with van der Waals surface area (Å²) in [6.07, 6.45) is 0. The van der Waals surface area contributed by atoms with Gasteiger partial charge in [0.1, 0.15) is 11.3 Å². The van der Waals surface area contributed by atoms with Crippen molar-refractivity contribution < 1.29 is 4.42 Å². The second-order valence-corrected chi connectivity index (χ2v) is 14.1. The summed E-state index contributed by atoms with van der Waals surface area (Å²) in [4.78, 5) is 2.36. The SMILES string of the molecule is c1ccc(-c2ccc(N(c3ccc(-c4ccc(-c5cccc(-c6oc7ccccc7c6-c6ccccc6)c5)cc4)cc3)c3cccc4ccccc34)cc2)cc1. The summed E-state index contributed by atoms with van der Waals surface area (Å²) < 4.78 is 6.53. The van der Waals surface area contributed by atoms with Gasteiger partial charge in [-0.25, -0.2) is 0 Å². The first-order valence-corrected chi connectivity index (χ1v) is 19.1. The van der Waals surface area contributed by atoms with Crippen LogP contribution in [0.15, 0.2) is 229 Å². The van der Waals surface area contributed by atoms with E-state index in [1.807, 2.05) is 12.1 Å². The number of hydrogen-bond donors (Lipinski definition) is 0. The van der Waals surface area contributed by atoms with Crippen molar-refractivity contribution in [3.05, 3.63) is 224 Å². The summed E-state index contributed by atoms with van der Waals surface area (Å²) >= 11 is 0. The van der Waals surface area contributed by atoms with Crippen molar-refractivity contribution >= 4 is 38.8 Å². The molecule has 0 N–H and O–H groups in total. The van der Waals surface area contributed by atoms with Crippen molar-refractivity contribution in [2.75, 3.05) is 4.90 Å². The van der Waals surface area contributed by atoms with Crippen LogP contribution >= 0.6 is 0 Å². The predicted molar refractivity (Wildman–Crippen MR) is 236 cm³/mol. The number of anilines is 3. The average molecular weight is 716 g/mol. The van der Waals surface area contributed by atoms with Crippen molar-refractivity contribution in [2.45, 2.75) is 0 Å². The molecule has 0 fully saturated rings. The first-order chi connectivity index (χ1) is 27.8. The van der Waals surface area contributed by atoms with Gasteiger partial charge in [-0.05, 0) is 86.8 Å². The van der Waals surface area contributed by atoms with E-state index in [1.54, 1.807) is 0 Å². The zero-order valence-corrected chi connectivity index (χ0v) is 30.7. The Morgan fingerprint density at radius 2 is 0.750 bits per heavy atom. The van der Waals surface area contributed by atoms with Gasteiger partial charge < -0.3 is 9.32 Å². The van der Waals surface area contributed by atoms with Crippen molar-refractivity contribution in [1.29, 1.82) is 0 Å². The first-order valence-electron chi connectivity index (χ1n) is 19.1. The summed E-state index contributed by atoms with van der Waals surface area (Å²) in [5.74, 6) is 0.889. The molecular weight excluding hydrogens is 679 g/mol. The molecule has 2 nitrogen and oxygen atoms in total. The van der Waals surface area contributed by atoms with Crippen LogP contribution in [0.4, 0.5) is 17.1 Å². The highest BCUT2D eigenvalue weighted by Gasteiger charge is 2.19. The Bertz CT molecular complexity index is 2920. The molecule has 0 aliphatic heterocycles. The Morgan fingerprint density at radius 1 is 0.304 bits per heavy atom. The molecule has 2 heteroatoms. The highest BCUT2D eigenvalue weighted by molar-refractivity contribution is 6.02. The third-order valence-corrected chi connectivity index (χ3v) is 10.7. The Hall–Kier alpha value is -7.42. The summed E-state index contributed by atoms with van der Waals surface area (Å²) in [5.41, 5.74) is 14.6. The van der Waals surface area contributed by atoms with E-state index in [1.165, 1.54) is 33.0 Å². The predicted octanol–water partition coefficient (Wildman–Crippen LogP) is 15.4. The van der Waals surface area contributed by atoms with Gasteiger partial charge in [0.15, 0.2) is 0 Å².